The number of rotatable bonds is 4. The predicted molar refractivity (Wildman–Crippen MR) is 125 cm³/mol. The van der Waals surface area contributed by atoms with Gasteiger partial charge in [-0.3, -0.25) is 9.48 Å². The van der Waals surface area contributed by atoms with E-state index in [0.717, 1.165) is 6.42 Å². The first-order valence-corrected chi connectivity index (χ1v) is 11.0. The van der Waals surface area contributed by atoms with Crippen LogP contribution in [-0.2, 0) is 11.8 Å². The van der Waals surface area contributed by atoms with Crippen molar-refractivity contribution in [1.29, 1.82) is 0 Å². The molecule has 1 aliphatic rings. The zero-order valence-corrected chi connectivity index (χ0v) is 19.9. The second kappa shape index (κ2) is 8.88. The number of amides is 2. The van der Waals surface area contributed by atoms with E-state index in [-0.39, 0.29) is 23.3 Å². The van der Waals surface area contributed by atoms with E-state index in [1.54, 1.807) is 31.3 Å². The van der Waals surface area contributed by atoms with E-state index in [0.29, 0.717) is 30.0 Å². The molecule has 3 aromatic rings. The van der Waals surface area contributed by atoms with Gasteiger partial charge in [-0.15, -0.1) is 0 Å². The summed E-state index contributed by atoms with van der Waals surface area (Å²) in [7, 11) is 3.43. The molecule has 0 spiro atoms. The maximum Gasteiger partial charge on any atom is 0.410 e. The van der Waals surface area contributed by atoms with Gasteiger partial charge in [0.05, 0.1) is 18.4 Å². The van der Waals surface area contributed by atoms with Gasteiger partial charge in [0.25, 0.3) is 5.91 Å². The van der Waals surface area contributed by atoms with Crippen molar-refractivity contribution in [3.8, 4) is 0 Å². The highest BCUT2D eigenvalue weighted by molar-refractivity contribution is 6.03. The third-order valence-corrected chi connectivity index (χ3v) is 5.52. The van der Waals surface area contributed by atoms with Crippen LogP contribution in [-0.4, -0.2) is 68.4 Å². The summed E-state index contributed by atoms with van der Waals surface area (Å²) in [6.45, 7) is 6.78. The van der Waals surface area contributed by atoms with Crippen LogP contribution >= 0.6 is 0 Å². The SMILES string of the molecule is CN(C(=O)OC(C)(C)C)[C@@H]1CCN(c2cnc(C(=O)Nc3cc(F)c4nn(C)cc4c3)cn2)C1. The van der Waals surface area contributed by atoms with E-state index >= 15 is 0 Å². The molecular weight excluding hydrogens is 441 g/mol. The first kappa shape index (κ1) is 23.4. The number of carbonyl (C=O) groups excluding carboxylic acids is 2. The zero-order valence-electron chi connectivity index (χ0n) is 19.9. The van der Waals surface area contributed by atoms with Crippen LogP contribution in [0, 0.1) is 5.82 Å². The monoisotopic (exact) mass is 469 g/mol. The topological polar surface area (TPSA) is 105 Å². The van der Waals surface area contributed by atoms with Gasteiger partial charge in [-0.2, -0.15) is 5.10 Å². The minimum absolute atomic E-state index is 0.0167. The Kier molecular flexibility index (Phi) is 6.11. The quantitative estimate of drug-likeness (QED) is 0.626. The number of aromatic nitrogens is 4. The Balaban J connectivity index is 1.38. The number of anilines is 2. The fourth-order valence-electron chi connectivity index (χ4n) is 3.83. The number of carbonyl (C=O) groups is 2. The molecule has 1 aromatic carbocycles. The number of aryl methyl sites for hydroxylation is 1. The van der Waals surface area contributed by atoms with Gasteiger partial charge < -0.3 is 19.9 Å². The lowest BCUT2D eigenvalue weighted by Crippen LogP contribution is -2.42. The minimum atomic E-state index is -0.555. The van der Waals surface area contributed by atoms with Gasteiger partial charge in [-0.25, -0.2) is 19.2 Å². The highest BCUT2D eigenvalue weighted by Crippen LogP contribution is 2.23. The third kappa shape index (κ3) is 5.08. The number of fused-ring (bicyclic) bond motifs is 1. The van der Waals surface area contributed by atoms with Gasteiger partial charge in [-0.05, 0) is 39.3 Å². The molecule has 180 valence electrons. The average molecular weight is 470 g/mol. The van der Waals surface area contributed by atoms with Crippen molar-refractivity contribution < 1.29 is 18.7 Å². The van der Waals surface area contributed by atoms with Crippen molar-refractivity contribution in [1.82, 2.24) is 24.6 Å². The maximum atomic E-state index is 14.3. The van der Waals surface area contributed by atoms with E-state index in [2.05, 4.69) is 20.4 Å². The summed E-state index contributed by atoms with van der Waals surface area (Å²) in [4.78, 5) is 37.2. The second-order valence-electron chi connectivity index (χ2n) is 9.39. The third-order valence-electron chi connectivity index (χ3n) is 5.52. The highest BCUT2D eigenvalue weighted by Gasteiger charge is 2.31. The fraction of sp³-hybridized carbons (Fsp3) is 0.435. The molecular formula is C23H28FN7O3. The van der Waals surface area contributed by atoms with Crippen LogP contribution in [0.4, 0.5) is 20.7 Å². The van der Waals surface area contributed by atoms with E-state index in [9.17, 15) is 14.0 Å². The summed E-state index contributed by atoms with van der Waals surface area (Å²) in [5, 5.41) is 7.29. The summed E-state index contributed by atoms with van der Waals surface area (Å²) in [6.07, 6.45) is 4.98. The van der Waals surface area contributed by atoms with E-state index in [4.69, 9.17) is 4.74 Å². The molecule has 2 aromatic heterocycles. The van der Waals surface area contributed by atoms with Crippen molar-refractivity contribution in [2.24, 2.45) is 7.05 Å². The first-order valence-electron chi connectivity index (χ1n) is 11.0. The molecule has 1 N–H and O–H groups in total. The number of nitrogens with zero attached hydrogens (tertiary/aromatic N) is 6. The Morgan fingerprint density at radius 2 is 2.00 bits per heavy atom. The lowest BCUT2D eigenvalue weighted by molar-refractivity contribution is 0.0237. The molecule has 1 atom stereocenters. The number of likely N-dealkylation sites (N-methyl/N-ethyl adjacent to an activating group) is 1. The van der Waals surface area contributed by atoms with Crippen molar-refractivity contribution in [2.75, 3.05) is 30.4 Å². The predicted octanol–water partition coefficient (Wildman–Crippen LogP) is 3.20. The van der Waals surface area contributed by atoms with Crippen LogP contribution < -0.4 is 10.2 Å². The molecule has 0 radical (unpaired) electrons. The second-order valence-corrected chi connectivity index (χ2v) is 9.39. The lowest BCUT2D eigenvalue weighted by atomic mass is 10.2. The maximum absolute atomic E-state index is 14.3. The Morgan fingerprint density at radius 3 is 2.68 bits per heavy atom. The summed E-state index contributed by atoms with van der Waals surface area (Å²) >= 11 is 0. The van der Waals surface area contributed by atoms with Gasteiger partial charge in [0.1, 0.15) is 22.6 Å². The van der Waals surface area contributed by atoms with Gasteiger partial charge in [0.15, 0.2) is 5.82 Å². The van der Waals surface area contributed by atoms with Gasteiger partial charge in [0.2, 0.25) is 0 Å². The molecule has 2 amide bonds. The van der Waals surface area contributed by atoms with E-state index < -0.39 is 17.3 Å². The molecule has 11 heteroatoms. The highest BCUT2D eigenvalue weighted by atomic mass is 19.1. The average Bonchev–Trinajstić information content (AvgIpc) is 3.39. The van der Waals surface area contributed by atoms with Crippen LogP contribution in [0.1, 0.15) is 37.7 Å². The van der Waals surface area contributed by atoms with Gasteiger partial charge in [-0.1, -0.05) is 0 Å². The minimum Gasteiger partial charge on any atom is -0.444 e. The summed E-state index contributed by atoms with van der Waals surface area (Å²) < 4.78 is 21.2. The number of halogens is 1. The van der Waals surface area contributed by atoms with E-state index in [1.165, 1.54) is 23.1 Å². The number of ether oxygens (including phenoxy) is 1. The number of benzene rings is 1. The summed E-state index contributed by atoms with van der Waals surface area (Å²) in [6, 6.07) is 2.86. The van der Waals surface area contributed by atoms with Crippen LogP contribution in [0.3, 0.4) is 0 Å². The number of nitrogens with one attached hydrogen (secondary N) is 1. The van der Waals surface area contributed by atoms with Crippen molar-refractivity contribution in [2.45, 2.75) is 38.8 Å². The standard InChI is InChI=1S/C23H28FN7O3/c1-23(2,3)34-22(33)30(5)16-6-7-31(13-16)19-11-25-18(10-26-19)21(32)27-15-8-14-12-29(4)28-20(14)17(24)9-15/h8-12,16H,6-7,13H2,1-5H3,(H,27,32)/t16-/m1/s1. The molecule has 3 heterocycles. The van der Waals surface area contributed by atoms with E-state index in [1.807, 2.05) is 25.7 Å². The molecule has 10 nitrogen and oxygen atoms in total. The number of hydrogen-bond acceptors (Lipinski definition) is 7. The summed E-state index contributed by atoms with van der Waals surface area (Å²) in [5.74, 6) is -0.403. The van der Waals surface area contributed by atoms with Crippen molar-refractivity contribution >= 4 is 34.4 Å². The Morgan fingerprint density at radius 1 is 1.24 bits per heavy atom. The molecule has 34 heavy (non-hydrogen) atoms. The smallest absolute Gasteiger partial charge is 0.410 e. The normalized spacial score (nSPS) is 16.1. The Hall–Kier alpha value is -3.76. The van der Waals surface area contributed by atoms with Crippen LogP contribution in [0.15, 0.2) is 30.7 Å². The molecule has 0 aliphatic carbocycles. The zero-order chi connectivity index (χ0) is 24.6. The van der Waals surface area contributed by atoms with Crippen molar-refractivity contribution in [3.05, 3.63) is 42.2 Å². The van der Waals surface area contributed by atoms with Crippen LogP contribution in [0.2, 0.25) is 0 Å². The van der Waals surface area contributed by atoms with Crippen molar-refractivity contribution in [3.63, 3.8) is 0 Å². The molecule has 4 rings (SSSR count). The van der Waals surface area contributed by atoms with Gasteiger partial charge >= 0.3 is 6.09 Å². The van der Waals surface area contributed by atoms with Crippen LogP contribution in [0.5, 0.6) is 0 Å². The van der Waals surface area contributed by atoms with Gasteiger partial charge in [0, 0.05) is 44.5 Å². The molecule has 0 bridgehead atoms. The molecule has 1 saturated heterocycles. The molecule has 0 saturated carbocycles. The molecule has 1 aliphatic heterocycles. The summed E-state index contributed by atoms with van der Waals surface area (Å²) in [5.41, 5.74) is 0.102. The number of hydrogen-bond donors (Lipinski definition) is 1. The van der Waals surface area contributed by atoms with Crippen LogP contribution in [0.25, 0.3) is 10.9 Å². The molecule has 1 fully saturated rings. The lowest BCUT2D eigenvalue weighted by Gasteiger charge is -2.28. The Labute approximate surface area is 196 Å². The fourth-order valence-corrected chi connectivity index (χ4v) is 3.83. The first-order chi connectivity index (χ1) is 16.0. The largest absolute Gasteiger partial charge is 0.444 e. The Bertz CT molecular complexity index is 1220. The molecule has 0 unspecified atom stereocenters.